The van der Waals surface area contributed by atoms with Gasteiger partial charge in [0, 0.05) is 6.20 Å². The van der Waals surface area contributed by atoms with Crippen molar-refractivity contribution < 1.29 is 4.79 Å². The summed E-state index contributed by atoms with van der Waals surface area (Å²) in [6.07, 6.45) is 5.62. The van der Waals surface area contributed by atoms with Gasteiger partial charge in [0.05, 0.1) is 30.0 Å². The lowest BCUT2D eigenvalue weighted by Gasteiger charge is -2.33. The second kappa shape index (κ2) is 4.31. The topological polar surface area (TPSA) is 87.9 Å². The van der Waals surface area contributed by atoms with E-state index in [0.29, 0.717) is 18.3 Å². The molecule has 1 saturated carbocycles. The second-order valence-corrected chi connectivity index (χ2v) is 5.92. The molecule has 3 N–H and O–H groups in total. The normalized spacial score (nSPS) is 21.5. The molecule has 0 saturated heterocycles. The Balaban J connectivity index is 1.86. The third-order valence-corrected chi connectivity index (χ3v) is 4.43. The number of nitrogens with one attached hydrogen (secondary N) is 1. The summed E-state index contributed by atoms with van der Waals surface area (Å²) >= 11 is 0. The fourth-order valence-electron chi connectivity index (χ4n) is 3.20. The number of anilines is 2. The highest BCUT2D eigenvalue weighted by molar-refractivity contribution is 6.00. The van der Waals surface area contributed by atoms with E-state index >= 15 is 0 Å². The van der Waals surface area contributed by atoms with Crippen LogP contribution in [0.2, 0.25) is 0 Å². The highest BCUT2D eigenvalue weighted by atomic mass is 16.2. The van der Waals surface area contributed by atoms with Gasteiger partial charge in [-0.2, -0.15) is 5.10 Å². The van der Waals surface area contributed by atoms with Crippen molar-refractivity contribution in [3.8, 4) is 0 Å². The van der Waals surface area contributed by atoms with Crippen molar-refractivity contribution in [1.82, 2.24) is 15.2 Å². The van der Waals surface area contributed by atoms with E-state index in [4.69, 9.17) is 5.73 Å². The Morgan fingerprint density at radius 3 is 2.90 bits per heavy atom. The Kier molecular flexibility index (Phi) is 2.54. The van der Waals surface area contributed by atoms with Gasteiger partial charge in [0.1, 0.15) is 5.82 Å². The highest BCUT2D eigenvalue weighted by Gasteiger charge is 2.45. The summed E-state index contributed by atoms with van der Waals surface area (Å²) in [5.74, 6) is 0.857. The molecule has 1 fully saturated rings. The van der Waals surface area contributed by atoms with E-state index in [1.807, 2.05) is 13.0 Å². The third kappa shape index (κ3) is 1.90. The van der Waals surface area contributed by atoms with Crippen LogP contribution in [0.5, 0.6) is 0 Å². The van der Waals surface area contributed by atoms with E-state index in [0.717, 1.165) is 35.3 Å². The highest BCUT2D eigenvalue weighted by Crippen LogP contribution is 2.47. The summed E-state index contributed by atoms with van der Waals surface area (Å²) in [7, 11) is 0. The van der Waals surface area contributed by atoms with Crippen LogP contribution < -0.4 is 10.6 Å². The number of pyridine rings is 1. The van der Waals surface area contributed by atoms with Crippen LogP contribution in [-0.2, 0) is 11.3 Å². The fourth-order valence-corrected chi connectivity index (χ4v) is 3.20. The van der Waals surface area contributed by atoms with E-state index in [2.05, 4.69) is 15.2 Å². The van der Waals surface area contributed by atoms with Crippen molar-refractivity contribution in [1.29, 1.82) is 0 Å². The number of hydrogen-bond donors (Lipinski definition) is 2. The van der Waals surface area contributed by atoms with Gasteiger partial charge < -0.3 is 10.6 Å². The number of hydrogen-bond acceptors (Lipinski definition) is 4. The van der Waals surface area contributed by atoms with Crippen LogP contribution >= 0.6 is 0 Å². The van der Waals surface area contributed by atoms with Gasteiger partial charge in [0.25, 0.3) is 0 Å². The van der Waals surface area contributed by atoms with Crippen LogP contribution in [-0.4, -0.2) is 21.1 Å². The monoisotopic (exact) mass is 283 g/mol. The molecule has 1 unspecified atom stereocenters. The standard InChI is InChI=1S/C15H17N5O/c1-8-4-12(16)19-14-11(8)7-20(10-5-17-18-6-10)15(21)13(14)9-2-3-9/h4-6,9,13H,2-3,7H2,1H3,(H2,16,19)(H,17,18). The summed E-state index contributed by atoms with van der Waals surface area (Å²) in [5.41, 5.74) is 9.82. The van der Waals surface area contributed by atoms with Crippen molar-refractivity contribution in [3.63, 3.8) is 0 Å². The zero-order valence-electron chi connectivity index (χ0n) is 11.8. The molecule has 0 aromatic carbocycles. The summed E-state index contributed by atoms with van der Waals surface area (Å²) in [6.45, 7) is 2.57. The lowest BCUT2D eigenvalue weighted by molar-refractivity contribution is -0.121. The van der Waals surface area contributed by atoms with Gasteiger partial charge in [-0.05, 0) is 42.9 Å². The molecule has 1 amide bonds. The number of aromatic amines is 1. The minimum absolute atomic E-state index is 0.115. The SMILES string of the molecule is Cc1cc(N)nc2c1CN(c1cn[nH]c1)C(=O)C2C1CC1. The molecule has 0 spiro atoms. The largest absolute Gasteiger partial charge is 0.384 e. The zero-order chi connectivity index (χ0) is 14.6. The predicted molar refractivity (Wildman–Crippen MR) is 78.6 cm³/mol. The van der Waals surface area contributed by atoms with Crippen molar-refractivity contribution >= 4 is 17.4 Å². The molecule has 2 aliphatic rings. The van der Waals surface area contributed by atoms with Gasteiger partial charge in [-0.15, -0.1) is 0 Å². The number of nitrogen functional groups attached to an aromatic ring is 1. The minimum Gasteiger partial charge on any atom is -0.384 e. The molecule has 1 aliphatic heterocycles. The fraction of sp³-hybridized carbons (Fsp3) is 0.400. The van der Waals surface area contributed by atoms with Crippen molar-refractivity contribution in [2.24, 2.45) is 5.92 Å². The van der Waals surface area contributed by atoms with Crippen molar-refractivity contribution in [3.05, 3.63) is 35.3 Å². The van der Waals surface area contributed by atoms with E-state index in [-0.39, 0.29) is 11.8 Å². The molecule has 21 heavy (non-hydrogen) atoms. The Morgan fingerprint density at radius 2 is 2.24 bits per heavy atom. The first-order valence-corrected chi connectivity index (χ1v) is 7.21. The number of nitrogens with two attached hydrogens (primary N) is 1. The number of carbonyl (C=O) groups excluding carboxylic acids is 1. The molecule has 6 nitrogen and oxygen atoms in total. The smallest absolute Gasteiger partial charge is 0.236 e. The molecular formula is C15H17N5O. The number of carbonyl (C=O) groups is 1. The average Bonchev–Trinajstić information content (AvgIpc) is 3.12. The van der Waals surface area contributed by atoms with Crippen molar-refractivity contribution in [2.45, 2.75) is 32.2 Å². The lowest BCUT2D eigenvalue weighted by atomic mass is 9.87. The van der Waals surface area contributed by atoms with Crippen LogP contribution in [0.25, 0.3) is 0 Å². The third-order valence-electron chi connectivity index (χ3n) is 4.43. The van der Waals surface area contributed by atoms with Gasteiger partial charge in [-0.1, -0.05) is 0 Å². The lowest BCUT2D eigenvalue weighted by Crippen LogP contribution is -2.41. The maximum Gasteiger partial charge on any atom is 0.236 e. The number of rotatable bonds is 2. The quantitative estimate of drug-likeness (QED) is 0.878. The van der Waals surface area contributed by atoms with E-state index in [9.17, 15) is 4.79 Å². The number of amides is 1. The van der Waals surface area contributed by atoms with E-state index in [1.165, 1.54) is 0 Å². The number of aromatic nitrogens is 3. The molecule has 3 heterocycles. The average molecular weight is 283 g/mol. The Hall–Kier alpha value is -2.37. The molecule has 2 aromatic rings. The maximum absolute atomic E-state index is 12.9. The van der Waals surface area contributed by atoms with Crippen LogP contribution in [0.15, 0.2) is 18.5 Å². The molecule has 4 rings (SSSR count). The van der Waals surface area contributed by atoms with Crippen LogP contribution in [0.4, 0.5) is 11.5 Å². The van der Waals surface area contributed by atoms with Crippen LogP contribution in [0.1, 0.15) is 35.6 Å². The van der Waals surface area contributed by atoms with E-state index < -0.39 is 0 Å². The van der Waals surface area contributed by atoms with Gasteiger partial charge >= 0.3 is 0 Å². The van der Waals surface area contributed by atoms with Gasteiger partial charge in [-0.25, -0.2) is 4.98 Å². The van der Waals surface area contributed by atoms with Crippen LogP contribution in [0.3, 0.4) is 0 Å². The van der Waals surface area contributed by atoms with Gasteiger partial charge in [0.2, 0.25) is 5.91 Å². The first-order valence-electron chi connectivity index (χ1n) is 7.21. The summed E-state index contributed by atoms with van der Waals surface area (Å²) < 4.78 is 0. The number of aryl methyl sites for hydroxylation is 1. The Labute approximate surface area is 122 Å². The second-order valence-electron chi connectivity index (χ2n) is 5.92. The zero-order valence-corrected chi connectivity index (χ0v) is 11.8. The number of nitrogens with zero attached hydrogens (tertiary/aromatic N) is 3. The molecule has 2 aromatic heterocycles. The Bertz CT molecular complexity index is 705. The number of fused-ring (bicyclic) bond motifs is 1. The predicted octanol–water partition coefficient (Wildman–Crippen LogP) is 1.74. The van der Waals surface area contributed by atoms with Crippen molar-refractivity contribution in [2.75, 3.05) is 10.6 Å². The first-order chi connectivity index (χ1) is 10.1. The molecule has 6 heteroatoms. The number of H-pyrrole nitrogens is 1. The van der Waals surface area contributed by atoms with Gasteiger partial charge in [-0.3, -0.25) is 9.89 Å². The maximum atomic E-state index is 12.9. The summed E-state index contributed by atoms with van der Waals surface area (Å²) in [5, 5.41) is 6.73. The van der Waals surface area contributed by atoms with Crippen LogP contribution in [0, 0.1) is 12.8 Å². The summed E-state index contributed by atoms with van der Waals surface area (Å²) in [4.78, 5) is 19.2. The van der Waals surface area contributed by atoms with E-state index in [1.54, 1.807) is 17.3 Å². The first kappa shape index (κ1) is 12.4. The minimum atomic E-state index is -0.161. The molecular weight excluding hydrogens is 266 g/mol. The molecule has 108 valence electrons. The molecule has 0 bridgehead atoms. The molecule has 1 atom stereocenters. The molecule has 1 aliphatic carbocycles. The Morgan fingerprint density at radius 1 is 1.43 bits per heavy atom. The van der Waals surface area contributed by atoms with Gasteiger partial charge in [0.15, 0.2) is 0 Å². The summed E-state index contributed by atoms with van der Waals surface area (Å²) in [6, 6.07) is 1.88. The molecule has 0 radical (unpaired) electrons.